The maximum atomic E-state index is 5.43. The van der Waals surface area contributed by atoms with Gasteiger partial charge in [-0.2, -0.15) is 0 Å². The molecule has 1 atom stereocenters. The summed E-state index contributed by atoms with van der Waals surface area (Å²) in [6.07, 6.45) is 19.5. The standard InChI is InChI=1S/C18H33NO/c1-3-5-7-9-11-13-17(12-10-8-6-4-2)16-18-19-14-15-20-18/h14-15,17H,3-13,16H2,1-2H3. The minimum atomic E-state index is 0.770. The zero-order chi connectivity index (χ0) is 14.5. The van der Waals surface area contributed by atoms with E-state index in [1.165, 1.54) is 70.6 Å². The minimum absolute atomic E-state index is 0.770. The zero-order valence-corrected chi connectivity index (χ0v) is 13.6. The molecule has 1 aromatic heterocycles. The molecule has 0 aliphatic carbocycles. The van der Waals surface area contributed by atoms with E-state index >= 15 is 0 Å². The fourth-order valence-electron chi connectivity index (χ4n) is 2.85. The molecule has 20 heavy (non-hydrogen) atoms. The first-order valence-electron chi connectivity index (χ1n) is 8.75. The molecule has 0 aliphatic heterocycles. The summed E-state index contributed by atoms with van der Waals surface area (Å²) < 4.78 is 5.43. The van der Waals surface area contributed by atoms with Crippen LogP contribution in [0.25, 0.3) is 0 Å². The fraction of sp³-hybridized carbons (Fsp3) is 0.833. The molecule has 0 aromatic carbocycles. The lowest BCUT2D eigenvalue weighted by molar-refractivity contribution is 0.363. The van der Waals surface area contributed by atoms with Gasteiger partial charge in [-0.05, 0) is 18.8 Å². The van der Waals surface area contributed by atoms with Crippen LogP contribution in [0.5, 0.6) is 0 Å². The van der Waals surface area contributed by atoms with Gasteiger partial charge in [0, 0.05) is 6.42 Å². The summed E-state index contributed by atoms with van der Waals surface area (Å²) in [5.74, 6) is 1.70. The van der Waals surface area contributed by atoms with E-state index in [0.717, 1.165) is 18.2 Å². The molecule has 2 nitrogen and oxygen atoms in total. The Morgan fingerprint density at radius 2 is 1.50 bits per heavy atom. The summed E-state index contributed by atoms with van der Waals surface area (Å²) in [7, 11) is 0. The normalized spacial score (nSPS) is 12.7. The second-order valence-electron chi connectivity index (χ2n) is 6.05. The lowest BCUT2D eigenvalue weighted by atomic mass is 9.91. The van der Waals surface area contributed by atoms with Crippen molar-refractivity contribution in [2.75, 3.05) is 0 Å². The third-order valence-electron chi connectivity index (χ3n) is 4.13. The summed E-state index contributed by atoms with van der Waals surface area (Å²) in [6.45, 7) is 4.55. The van der Waals surface area contributed by atoms with Crippen LogP contribution in [0.1, 0.15) is 90.4 Å². The van der Waals surface area contributed by atoms with E-state index in [-0.39, 0.29) is 0 Å². The van der Waals surface area contributed by atoms with Crippen LogP contribution >= 0.6 is 0 Å². The second-order valence-corrected chi connectivity index (χ2v) is 6.05. The molecule has 0 fully saturated rings. The van der Waals surface area contributed by atoms with E-state index in [0.29, 0.717) is 0 Å². The van der Waals surface area contributed by atoms with Gasteiger partial charge in [0.25, 0.3) is 0 Å². The van der Waals surface area contributed by atoms with Gasteiger partial charge in [0.1, 0.15) is 6.26 Å². The lowest BCUT2D eigenvalue weighted by Gasteiger charge is -2.15. The molecule has 0 bridgehead atoms. The number of aromatic nitrogens is 1. The van der Waals surface area contributed by atoms with Gasteiger partial charge in [-0.3, -0.25) is 0 Å². The van der Waals surface area contributed by atoms with E-state index in [2.05, 4.69) is 18.8 Å². The Labute approximate surface area is 125 Å². The van der Waals surface area contributed by atoms with Crippen LogP contribution in [-0.2, 0) is 6.42 Å². The molecule has 1 heterocycles. The third kappa shape index (κ3) is 8.39. The molecule has 0 N–H and O–H groups in total. The first kappa shape index (κ1) is 17.3. The highest BCUT2D eigenvalue weighted by atomic mass is 16.3. The van der Waals surface area contributed by atoms with Crippen molar-refractivity contribution in [1.29, 1.82) is 0 Å². The highest BCUT2D eigenvalue weighted by molar-refractivity contribution is 4.83. The topological polar surface area (TPSA) is 26.0 Å². The molecule has 0 saturated carbocycles. The SMILES string of the molecule is CCCCCCCC(CCCCCC)Cc1ncco1. The van der Waals surface area contributed by atoms with Crippen molar-refractivity contribution in [2.24, 2.45) is 5.92 Å². The Hall–Kier alpha value is -0.790. The third-order valence-corrected chi connectivity index (χ3v) is 4.13. The molecule has 1 rings (SSSR count). The smallest absolute Gasteiger partial charge is 0.194 e. The van der Waals surface area contributed by atoms with Crippen molar-refractivity contribution in [3.8, 4) is 0 Å². The summed E-state index contributed by atoms with van der Waals surface area (Å²) in [6, 6.07) is 0. The number of hydrogen-bond donors (Lipinski definition) is 0. The fourth-order valence-corrected chi connectivity index (χ4v) is 2.85. The highest BCUT2D eigenvalue weighted by Gasteiger charge is 2.12. The minimum Gasteiger partial charge on any atom is -0.449 e. The van der Waals surface area contributed by atoms with E-state index in [4.69, 9.17) is 4.42 Å². The second kappa shape index (κ2) is 12.0. The number of hydrogen-bond acceptors (Lipinski definition) is 2. The Kier molecular flexibility index (Phi) is 10.3. The Morgan fingerprint density at radius 3 is 2.05 bits per heavy atom. The van der Waals surface area contributed by atoms with E-state index in [9.17, 15) is 0 Å². The van der Waals surface area contributed by atoms with Gasteiger partial charge >= 0.3 is 0 Å². The average molecular weight is 279 g/mol. The Bertz CT molecular complexity index is 294. The van der Waals surface area contributed by atoms with Crippen molar-refractivity contribution >= 4 is 0 Å². The highest BCUT2D eigenvalue weighted by Crippen LogP contribution is 2.22. The first-order chi connectivity index (χ1) is 9.86. The molecule has 0 spiro atoms. The van der Waals surface area contributed by atoms with Gasteiger partial charge in [-0.15, -0.1) is 0 Å². The molecule has 2 heteroatoms. The number of nitrogens with zero attached hydrogens (tertiary/aromatic N) is 1. The molecule has 1 unspecified atom stereocenters. The van der Waals surface area contributed by atoms with Gasteiger partial charge < -0.3 is 4.42 Å². The van der Waals surface area contributed by atoms with Crippen LogP contribution in [0.15, 0.2) is 16.9 Å². The molecule has 1 aromatic rings. The molecular weight excluding hydrogens is 246 g/mol. The lowest BCUT2D eigenvalue weighted by Crippen LogP contribution is -2.05. The molecule has 0 radical (unpaired) electrons. The Balaban J connectivity index is 2.22. The van der Waals surface area contributed by atoms with Crippen LogP contribution in [0.4, 0.5) is 0 Å². The van der Waals surface area contributed by atoms with Gasteiger partial charge in [0.05, 0.1) is 6.20 Å². The Morgan fingerprint density at radius 1 is 0.900 bits per heavy atom. The van der Waals surface area contributed by atoms with Crippen molar-refractivity contribution in [1.82, 2.24) is 4.98 Å². The maximum absolute atomic E-state index is 5.43. The van der Waals surface area contributed by atoms with Crippen molar-refractivity contribution < 1.29 is 4.42 Å². The molecular formula is C18H33NO. The van der Waals surface area contributed by atoms with Crippen LogP contribution in [0, 0.1) is 5.92 Å². The monoisotopic (exact) mass is 279 g/mol. The zero-order valence-electron chi connectivity index (χ0n) is 13.6. The van der Waals surface area contributed by atoms with E-state index < -0.39 is 0 Å². The predicted molar refractivity (Wildman–Crippen MR) is 85.8 cm³/mol. The first-order valence-corrected chi connectivity index (χ1v) is 8.75. The van der Waals surface area contributed by atoms with Crippen LogP contribution in [-0.4, -0.2) is 4.98 Å². The van der Waals surface area contributed by atoms with Gasteiger partial charge in [-0.1, -0.05) is 71.6 Å². The predicted octanol–water partition coefficient (Wildman–Crippen LogP) is 6.16. The van der Waals surface area contributed by atoms with Gasteiger partial charge in [0.2, 0.25) is 0 Å². The molecule has 0 aliphatic rings. The van der Waals surface area contributed by atoms with Gasteiger partial charge in [-0.25, -0.2) is 4.98 Å². The maximum Gasteiger partial charge on any atom is 0.194 e. The number of oxazole rings is 1. The summed E-state index contributed by atoms with van der Waals surface area (Å²) in [5, 5.41) is 0. The van der Waals surface area contributed by atoms with Crippen LogP contribution < -0.4 is 0 Å². The van der Waals surface area contributed by atoms with Crippen LogP contribution in [0.3, 0.4) is 0 Å². The van der Waals surface area contributed by atoms with E-state index in [1.807, 2.05) is 0 Å². The quantitative estimate of drug-likeness (QED) is 0.404. The van der Waals surface area contributed by atoms with Crippen LogP contribution in [0.2, 0.25) is 0 Å². The summed E-state index contributed by atoms with van der Waals surface area (Å²) in [5.41, 5.74) is 0. The number of unbranched alkanes of at least 4 members (excludes halogenated alkanes) is 7. The summed E-state index contributed by atoms with van der Waals surface area (Å²) in [4.78, 5) is 4.29. The van der Waals surface area contributed by atoms with E-state index in [1.54, 1.807) is 12.5 Å². The molecule has 0 amide bonds. The molecule has 116 valence electrons. The molecule has 0 saturated heterocycles. The largest absolute Gasteiger partial charge is 0.449 e. The van der Waals surface area contributed by atoms with Crippen molar-refractivity contribution in [3.05, 3.63) is 18.4 Å². The van der Waals surface area contributed by atoms with Crippen molar-refractivity contribution in [3.63, 3.8) is 0 Å². The van der Waals surface area contributed by atoms with Gasteiger partial charge in [0.15, 0.2) is 5.89 Å². The summed E-state index contributed by atoms with van der Waals surface area (Å²) >= 11 is 0. The number of rotatable bonds is 13. The van der Waals surface area contributed by atoms with Crippen molar-refractivity contribution in [2.45, 2.75) is 90.9 Å². The average Bonchev–Trinajstić information content (AvgIpc) is 2.96.